The highest BCUT2D eigenvalue weighted by molar-refractivity contribution is 7.99. The first-order valence-electron chi connectivity index (χ1n) is 6.22. The fourth-order valence-electron chi connectivity index (χ4n) is 1.94. The Bertz CT molecular complexity index is 336. The normalized spacial score (nSPS) is 21.9. The Kier molecular flexibility index (Phi) is 4.88. The molecule has 1 N–H and O–H groups in total. The zero-order chi connectivity index (χ0) is 12.1. The standard InChI is InChI=1S/C12H21N3OS/c1-10(17-12-14-5-6-15(12)2)8-13-9-11-4-3-7-16-11/h5-6,10-11,13H,3-4,7-9H2,1-2H3. The van der Waals surface area contributed by atoms with E-state index in [4.69, 9.17) is 4.74 Å². The molecule has 0 aliphatic carbocycles. The second-order valence-electron chi connectivity index (χ2n) is 4.54. The SMILES string of the molecule is CC(CNCC1CCCO1)Sc1nccn1C. The van der Waals surface area contributed by atoms with E-state index in [0.717, 1.165) is 24.9 Å². The van der Waals surface area contributed by atoms with Crippen LogP contribution in [-0.2, 0) is 11.8 Å². The summed E-state index contributed by atoms with van der Waals surface area (Å²) in [6.45, 7) is 5.13. The van der Waals surface area contributed by atoms with Gasteiger partial charge in [0.05, 0.1) is 6.10 Å². The predicted molar refractivity (Wildman–Crippen MR) is 70.4 cm³/mol. The van der Waals surface area contributed by atoms with Crippen LogP contribution in [0.3, 0.4) is 0 Å². The lowest BCUT2D eigenvalue weighted by Crippen LogP contribution is -2.30. The molecule has 1 fully saturated rings. The smallest absolute Gasteiger partial charge is 0.167 e. The molecule has 0 saturated carbocycles. The van der Waals surface area contributed by atoms with Crippen LogP contribution in [0.2, 0.25) is 0 Å². The van der Waals surface area contributed by atoms with Crippen LogP contribution in [0, 0.1) is 0 Å². The Morgan fingerprint density at radius 3 is 3.24 bits per heavy atom. The number of nitrogens with zero attached hydrogens (tertiary/aromatic N) is 2. The Morgan fingerprint density at radius 2 is 2.59 bits per heavy atom. The van der Waals surface area contributed by atoms with Gasteiger partial charge in [-0.15, -0.1) is 0 Å². The molecule has 0 amide bonds. The fourth-order valence-corrected chi connectivity index (χ4v) is 2.85. The summed E-state index contributed by atoms with van der Waals surface area (Å²) in [5, 5.41) is 5.08. The molecule has 1 aliphatic heterocycles. The quantitative estimate of drug-likeness (QED) is 0.785. The summed E-state index contributed by atoms with van der Waals surface area (Å²) in [5.74, 6) is 0. The monoisotopic (exact) mass is 255 g/mol. The van der Waals surface area contributed by atoms with Crippen molar-refractivity contribution >= 4 is 11.8 Å². The molecule has 2 heterocycles. The number of ether oxygens (including phenoxy) is 1. The number of nitrogens with one attached hydrogen (secondary N) is 1. The minimum atomic E-state index is 0.431. The van der Waals surface area contributed by atoms with Crippen LogP contribution in [-0.4, -0.2) is 40.6 Å². The van der Waals surface area contributed by atoms with Crippen LogP contribution in [0.1, 0.15) is 19.8 Å². The number of imidazole rings is 1. The third kappa shape index (κ3) is 4.01. The Balaban J connectivity index is 1.63. The van der Waals surface area contributed by atoms with Crippen molar-refractivity contribution in [1.29, 1.82) is 0 Å². The number of thioether (sulfide) groups is 1. The minimum Gasteiger partial charge on any atom is -0.377 e. The molecule has 17 heavy (non-hydrogen) atoms. The average Bonchev–Trinajstić information content (AvgIpc) is 2.92. The molecule has 0 aromatic carbocycles. The maximum atomic E-state index is 5.57. The van der Waals surface area contributed by atoms with Gasteiger partial charge >= 0.3 is 0 Å². The van der Waals surface area contributed by atoms with E-state index in [1.54, 1.807) is 0 Å². The first-order chi connectivity index (χ1) is 8.25. The molecule has 1 aromatic rings. The van der Waals surface area contributed by atoms with Crippen LogP contribution < -0.4 is 5.32 Å². The van der Waals surface area contributed by atoms with Gasteiger partial charge in [-0.1, -0.05) is 18.7 Å². The molecule has 1 aromatic heterocycles. The Hall–Kier alpha value is -0.520. The number of aryl methyl sites for hydroxylation is 1. The van der Waals surface area contributed by atoms with E-state index in [9.17, 15) is 0 Å². The third-order valence-corrected chi connectivity index (χ3v) is 4.08. The van der Waals surface area contributed by atoms with E-state index >= 15 is 0 Å². The van der Waals surface area contributed by atoms with Crippen LogP contribution >= 0.6 is 11.8 Å². The highest BCUT2D eigenvalue weighted by atomic mass is 32.2. The molecule has 2 rings (SSSR count). The molecule has 1 saturated heterocycles. The fraction of sp³-hybridized carbons (Fsp3) is 0.750. The lowest BCUT2D eigenvalue weighted by molar-refractivity contribution is 0.110. The minimum absolute atomic E-state index is 0.431. The van der Waals surface area contributed by atoms with Gasteiger partial charge in [0.1, 0.15) is 0 Å². The van der Waals surface area contributed by atoms with Gasteiger partial charge in [0, 0.05) is 44.4 Å². The van der Waals surface area contributed by atoms with E-state index in [0.29, 0.717) is 11.4 Å². The molecular formula is C12H21N3OS. The van der Waals surface area contributed by atoms with Crippen molar-refractivity contribution < 1.29 is 4.74 Å². The highest BCUT2D eigenvalue weighted by Gasteiger charge is 2.15. The number of hydrogen-bond donors (Lipinski definition) is 1. The van der Waals surface area contributed by atoms with Crippen molar-refractivity contribution in [2.24, 2.45) is 7.05 Å². The van der Waals surface area contributed by atoms with Crippen molar-refractivity contribution in [3.05, 3.63) is 12.4 Å². The molecule has 2 atom stereocenters. The molecule has 96 valence electrons. The topological polar surface area (TPSA) is 39.1 Å². The average molecular weight is 255 g/mol. The third-order valence-electron chi connectivity index (χ3n) is 2.91. The van der Waals surface area contributed by atoms with E-state index in [1.165, 1.54) is 12.8 Å². The van der Waals surface area contributed by atoms with Gasteiger partial charge in [-0.25, -0.2) is 4.98 Å². The Labute approximate surface area is 107 Å². The summed E-state index contributed by atoms with van der Waals surface area (Å²) in [6.07, 6.45) is 6.67. The van der Waals surface area contributed by atoms with Gasteiger partial charge in [0.2, 0.25) is 0 Å². The predicted octanol–water partition coefficient (Wildman–Crippen LogP) is 1.67. The first kappa shape index (κ1) is 12.9. The summed E-state index contributed by atoms with van der Waals surface area (Å²) in [4.78, 5) is 4.31. The van der Waals surface area contributed by atoms with Gasteiger partial charge < -0.3 is 14.6 Å². The van der Waals surface area contributed by atoms with E-state index in [2.05, 4.69) is 21.8 Å². The van der Waals surface area contributed by atoms with Crippen molar-refractivity contribution in [3.63, 3.8) is 0 Å². The van der Waals surface area contributed by atoms with Gasteiger partial charge in [-0.2, -0.15) is 0 Å². The van der Waals surface area contributed by atoms with Crippen molar-refractivity contribution in [3.8, 4) is 0 Å². The van der Waals surface area contributed by atoms with E-state index < -0.39 is 0 Å². The second-order valence-corrected chi connectivity index (χ2v) is 5.95. The number of aromatic nitrogens is 2. The van der Waals surface area contributed by atoms with Crippen LogP contribution in [0.5, 0.6) is 0 Å². The van der Waals surface area contributed by atoms with Crippen molar-refractivity contribution in [2.75, 3.05) is 19.7 Å². The van der Waals surface area contributed by atoms with Crippen molar-refractivity contribution in [2.45, 2.75) is 36.3 Å². The van der Waals surface area contributed by atoms with Crippen molar-refractivity contribution in [1.82, 2.24) is 14.9 Å². The van der Waals surface area contributed by atoms with E-state index in [1.807, 2.05) is 31.2 Å². The molecule has 1 aliphatic rings. The molecule has 5 heteroatoms. The molecular weight excluding hydrogens is 234 g/mol. The molecule has 0 spiro atoms. The first-order valence-corrected chi connectivity index (χ1v) is 7.10. The van der Waals surface area contributed by atoms with Gasteiger partial charge in [-0.3, -0.25) is 0 Å². The summed E-state index contributed by atoms with van der Waals surface area (Å²) >= 11 is 1.81. The van der Waals surface area contributed by atoms with Crippen LogP contribution in [0.4, 0.5) is 0 Å². The molecule has 2 unspecified atom stereocenters. The van der Waals surface area contributed by atoms with E-state index in [-0.39, 0.29) is 0 Å². The zero-order valence-electron chi connectivity index (χ0n) is 10.6. The second kappa shape index (κ2) is 6.42. The van der Waals surface area contributed by atoms with Gasteiger partial charge in [0.25, 0.3) is 0 Å². The van der Waals surface area contributed by atoms with Crippen LogP contribution in [0.25, 0.3) is 0 Å². The molecule has 4 nitrogen and oxygen atoms in total. The molecule has 0 radical (unpaired) electrons. The summed E-state index contributed by atoms with van der Waals surface area (Å²) in [5.41, 5.74) is 0. The summed E-state index contributed by atoms with van der Waals surface area (Å²) < 4.78 is 7.63. The molecule has 0 bridgehead atoms. The largest absolute Gasteiger partial charge is 0.377 e. The van der Waals surface area contributed by atoms with Gasteiger partial charge in [-0.05, 0) is 12.8 Å². The maximum absolute atomic E-state index is 5.57. The van der Waals surface area contributed by atoms with Crippen LogP contribution in [0.15, 0.2) is 17.6 Å². The number of hydrogen-bond acceptors (Lipinski definition) is 4. The highest BCUT2D eigenvalue weighted by Crippen LogP contribution is 2.20. The number of rotatable bonds is 6. The maximum Gasteiger partial charge on any atom is 0.167 e. The van der Waals surface area contributed by atoms with Gasteiger partial charge in [0.15, 0.2) is 5.16 Å². The Morgan fingerprint density at radius 1 is 1.71 bits per heavy atom. The summed E-state index contributed by atoms with van der Waals surface area (Å²) in [6, 6.07) is 0. The summed E-state index contributed by atoms with van der Waals surface area (Å²) in [7, 11) is 2.03. The zero-order valence-corrected chi connectivity index (χ0v) is 11.4. The lowest BCUT2D eigenvalue weighted by Gasteiger charge is -2.14. The lowest BCUT2D eigenvalue weighted by atomic mass is 10.2.